The number of hydrogen-bond acceptors (Lipinski definition) is 6. The lowest BCUT2D eigenvalue weighted by Crippen LogP contribution is -2.27. The van der Waals surface area contributed by atoms with Gasteiger partial charge in [-0.15, -0.1) is 15.3 Å². The zero-order valence-electron chi connectivity index (χ0n) is 11.9. The standard InChI is InChI=1S/C13H18N6O2/c1-21-9-13(20)14-8-12-16-15-10-4-5-11(17-19(10)12)18-6-2-3-7-18/h4-5H,2-3,6-9H2,1H3,(H,14,20). The molecule has 1 fully saturated rings. The van der Waals surface area contributed by atoms with Gasteiger partial charge in [-0.1, -0.05) is 0 Å². The quantitative estimate of drug-likeness (QED) is 0.833. The molecule has 1 N–H and O–H groups in total. The molecule has 8 nitrogen and oxygen atoms in total. The Morgan fingerprint density at radius 1 is 1.33 bits per heavy atom. The fourth-order valence-corrected chi connectivity index (χ4v) is 2.41. The summed E-state index contributed by atoms with van der Waals surface area (Å²) in [6.45, 7) is 2.37. The Kier molecular flexibility index (Phi) is 3.96. The highest BCUT2D eigenvalue weighted by atomic mass is 16.5. The molecule has 1 aliphatic heterocycles. The van der Waals surface area contributed by atoms with Crippen LogP contribution >= 0.6 is 0 Å². The van der Waals surface area contributed by atoms with Gasteiger partial charge in [0.15, 0.2) is 11.5 Å². The summed E-state index contributed by atoms with van der Waals surface area (Å²) in [7, 11) is 1.48. The van der Waals surface area contributed by atoms with Gasteiger partial charge >= 0.3 is 0 Å². The maximum atomic E-state index is 11.4. The number of anilines is 1. The van der Waals surface area contributed by atoms with Crippen molar-refractivity contribution in [1.82, 2.24) is 25.1 Å². The van der Waals surface area contributed by atoms with Gasteiger partial charge in [0.2, 0.25) is 5.91 Å². The number of carbonyl (C=O) groups excluding carboxylic acids is 1. The summed E-state index contributed by atoms with van der Waals surface area (Å²) in [5, 5.41) is 15.4. The first-order chi connectivity index (χ1) is 10.3. The number of methoxy groups -OCH3 is 1. The number of aromatic nitrogens is 4. The van der Waals surface area contributed by atoms with E-state index in [9.17, 15) is 4.79 Å². The van der Waals surface area contributed by atoms with Crippen LogP contribution in [0.4, 0.5) is 5.82 Å². The van der Waals surface area contributed by atoms with Gasteiger partial charge in [-0.3, -0.25) is 4.79 Å². The first-order valence-corrected chi connectivity index (χ1v) is 7.00. The molecule has 0 aromatic carbocycles. The zero-order chi connectivity index (χ0) is 14.7. The molecule has 0 spiro atoms. The summed E-state index contributed by atoms with van der Waals surface area (Å²) in [6, 6.07) is 3.86. The molecule has 3 rings (SSSR count). The van der Waals surface area contributed by atoms with Crippen LogP contribution < -0.4 is 10.2 Å². The summed E-state index contributed by atoms with van der Waals surface area (Å²) >= 11 is 0. The van der Waals surface area contributed by atoms with Crippen LogP contribution in [0, 0.1) is 0 Å². The van der Waals surface area contributed by atoms with Crippen LogP contribution in [0.25, 0.3) is 5.65 Å². The Hall–Kier alpha value is -2.22. The molecule has 2 aromatic heterocycles. The van der Waals surface area contributed by atoms with Crippen LogP contribution in [0.3, 0.4) is 0 Å². The predicted molar refractivity (Wildman–Crippen MR) is 76.0 cm³/mol. The number of ether oxygens (including phenoxy) is 1. The third-order valence-corrected chi connectivity index (χ3v) is 3.46. The Labute approximate surface area is 122 Å². The second-order valence-corrected chi connectivity index (χ2v) is 4.98. The van der Waals surface area contributed by atoms with Gasteiger partial charge in [0, 0.05) is 20.2 Å². The number of nitrogens with zero attached hydrogens (tertiary/aromatic N) is 5. The maximum Gasteiger partial charge on any atom is 0.246 e. The van der Waals surface area contributed by atoms with Gasteiger partial charge in [0.05, 0.1) is 6.54 Å². The van der Waals surface area contributed by atoms with Gasteiger partial charge in [-0.2, -0.15) is 4.52 Å². The minimum absolute atomic E-state index is 0.0309. The predicted octanol–water partition coefficient (Wildman–Crippen LogP) is -0.0129. The summed E-state index contributed by atoms with van der Waals surface area (Å²) in [4.78, 5) is 13.7. The Morgan fingerprint density at radius 2 is 2.14 bits per heavy atom. The van der Waals surface area contributed by atoms with Gasteiger partial charge in [-0.25, -0.2) is 0 Å². The first kappa shape index (κ1) is 13.7. The normalized spacial score (nSPS) is 14.8. The molecule has 1 aliphatic rings. The molecule has 0 atom stereocenters. The molecule has 0 unspecified atom stereocenters. The highest BCUT2D eigenvalue weighted by Crippen LogP contribution is 2.17. The van der Waals surface area contributed by atoms with Crippen LogP contribution in [0.15, 0.2) is 12.1 Å². The smallest absolute Gasteiger partial charge is 0.246 e. The van der Waals surface area contributed by atoms with Gasteiger partial charge in [-0.05, 0) is 25.0 Å². The van der Waals surface area contributed by atoms with Crippen molar-refractivity contribution in [1.29, 1.82) is 0 Å². The van der Waals surface area contributed by atoms with E-state index in [1.165, 1.54) is 20.0 Å². The molecule has 0 bridgehead atoms. The van der Waals surface area contributed by atoms with Crippen LogP contribution in [0.2, 0.25) is 0 Å². The molecular formula is C13H18N6O2. The van der Waals surface area contributed by atoms with Gasteiger partial charge in [0.25, 0.3) is 0 Å². The number of carbonyl (C=O) groups is 1. The maximum absolute atomic E-state index is 11.4. The minimum Gasteiger partial charge on any atom is -0.375 e. The van der Waals surface area contributed by atoms with E-state index in [1.54, 1.807) is 4.52 Å². The van der Waals surface area contributed by atoms with Crippen molar-refractivity contribution in [2.45, 2.75) is 19.4 Å². The molecule has 2 aromatic rings. The fourth-order valence-electron chi connectivity index (χ4n) is 2.41. The Bertz CT molecular complexity index is 635. The molecule has 1 amide bonds. The molecular weight excluding hydrogens is 272 g/mol. The Balaban J connectivity index is 1.78. The van der Waals surface area contributed by atoms with E-state index in [0.717, 1.165) is 18.9 Å². The molecule has 1 saturated heterocycles. The third kappa shape index (κ3) is 2.94. The van der Waals surface area contributed by atoms with E-state index < -0.39 is 0 Å². The van der Waals surface area contributed by atoms with E-state index in [2.05, 4.69) is 25.5 Å². The van der Waals surface area contributed by atoms with Crippen LogP contribution in [-0.2, 0) is 16.1 Å². The summed E-state index contributed by atoms with van der Waals surface area (Å²) in [6.07, 6.45) is 2.39. The summed E-state index contributed by atoms with van der Waals surface area (Å²) < 4.78 is 6.45. The lowest BCUT2D eigenvalue weighted by atomic mass is 10.4. The molecule has 0 saturated carbocycles. The van der Waals surface area contributed by atoms with Crippen LogP contribution in [-0.4, -0.2) is 52.5 Å². The molecule has 8 heteroatoms. The first-order valence-electron chi connectivity index (χ1n) is 7.00. The molecule has 112 valence electrons. The van der Waals surface area contributed by atoms with Crippen molar-refractivity contribution >= 4 is 17.4 Å². The van der Waals surface area contributed by atoms with E-state index in [1.807, 2.05) is 12.1 Å². The number of amides is 1. The van der Waals surface area contributed by atoms with Crippen LogP contribution in [0.1, 0.15) is 18.7 Å². The highest BCUT2D eigenvalue weighted by Gasteiger charge is 2.15. The minimum atomic E-state index is -0.190. The van der Waals surface area contributed by atoms with Crippen molar-refractivity contribution in [2.75, 3.05) is 31.7 Å². The van der Waals surface area contributed by atoms with E-state index in [4.69, 9.17) is 4.74 Å². The van der Waals surface area contributed by atoms with Crippen molar-refractivity contribution < 1.29 is 9.53 Å². The SMILES string of the molecule is COCC(=O)NCc1nnc2ccc(N3CCCC3)nn12. The second kappa shape index (κ2) is 6.04. The number of rotatable bonds is 5. The van der Waals surface area contributed by atoms with E-state index in [0.29, 0.717) is 11.5 Å². The molecule has 0 radical (unpaired) electrons. The fraction of sp³-hybridized carbons (Fsp3) is 0.538. The van der Waals surface area contributed by atoms with Gasteiger partial charge in [0.1, 0.15) is 12.4 Å². The van der Waals surface area contributed by atoms with Crippen molar-refractivity contribution in [2.24, 2.45) is 0 Å². The van der Waals surface area contributed by atoms with E-state index in [-0.39, 0.29) is 19.1 Å². The monoisotopic (exact) mass is 290 g/mol. The number of nitrogens with one attached hydrogen (secondary N) is 1. The topological polar surface area (TPSA) is 84.6 Å². The molecule has 3 heterocycles. The van der Waals surface area contributed by atoms with E-state index >= 15 is 0 Å². The summed E-state index contributed by atoms with van der Waals surface area (Å²) in [5.74, 6) is 1.34. The summed E-state index contributed by atoms with van der Waals surface area (Å²) in [5.41, 5.74) is 0.675. The molecule has 0 aliphatic carbocycles. The van der Waals surface area contributed by atoms with Crippen molar-refractivity contribution in [3.63, 3.8) is 0 Å². The number of hydrogen-bond donors (Lipinski definition) is 1. The zero-order valence-corrected chi connectivity index (χ0v) is 11.9. The van der Waals surface area contributed by atoms with Crippen molar-refractivity contribution in [3.05, 3.63) is 18.0 Å². The lowest BCUT2D eigenvalue weighted by Gasteiger charge is -2.15. The lowest BCUT2D eigenvalue weighted by molar-refractivity contribution is -0.124. The number of fused-ring (bicyclic) bond motifs is 1. The molecule has 21 heavy (non-hydrogen) atoms. The highest BCUT2D eigenvalue weighted by molar-refractivity contribution is 5.77. The third-order valence-electron chi connectivity index (χ3n) is 3.46. The van der Waals surface area contributed by atoms with Gasteiger partial charge < -0.3 is 15.0 Å². The Morgan fingerprint density at radius 3 is 2.90 bits per heavy atom. The van der Waals surface area contributed by atoms with Crippen molar-refractivity contribution in [3.8, 4) is 0 Å². The average Bonchev–Trinajstić information content (AvgIpc) is 3.14. The van der Waals surface area contributed by atoms with Crippen LogP contribution in [0.5, 0.6) is 0 Å². The average molecular weight is 290 g/mol. The second-order valence-electron chi connectivity index (χ2n) is 4.98. The largest absolute Gasteiger partial charge is 0.375 e.